The number of para-hydroxylation sites is 1. The quantitative estimate of drug-likeness (QED) is 0.562. The first-order chi connectivity index (χ1) is 12.0. The summed E-state index contributed by atoms with van der Waals surface area (Å²) in [5.74, 6) is 0.225. The molecule has 0 bridgehead atoms. The number of fused-ring (bicyclic) bond motifs is 1. The van der Waals surface area contributed by atoms with Gasteiger partial charge in [-0.25, -0.2) is 4.39 Å². The van der Waals surface area contributed by atoms with Gasteiger partial charge in [-0.2, -0.15) is 0 Å². The van der Waals surface area contributed by atoms with Crippen molar-refractivity contribution in [2.75, 3.05) is 0 Å². The second kappa shape index (κ2) is 7.25. The lowest BCUT2D eigenvalue weighted by atomic mass is 9.89. The Morgan fingerprint density at radius 2 is 1.80 bits per heavy atom. The lowest BCUT2D eigenvalue weighted by Gasteiger charge is -2.24. The van der Waals surface area contributed by atoms with Gasteiger partial charge in [0.1, 0.15) is 5.82 Å². The van der Waals surface area contributed by atoms with Crippen LogP contribution in [0.3, 0.4) is 0 Å². The van der Waals surface area contributed by atoms with E-state index < -0.39 is 11.6 Å². The molecule has 0 saturated heterocycles. The highest BCUT2D eigenvalue weighted by atomic mass is 35.5. The second-order valence-electron chi connectivity index (χ2n) is 6.72. The fourth-order valence-electron chi connectivity index (χ4n) is 3.59. The van der Waals surface area contributed by atoms with E-state index in [0.717, 1.165) is 37.0 Å². The summed E-state index contributed by atoms with van der Waals surface area (Å²) in [6, 6.07) is 10.5. The van der Waals surface area contributed by atoms with Gasteiger partial charge in [-0.05, 0) is 43.0 Å². The van der Waals surface area contributed by atoms with E-state index in [2.05, 4.69) is 19.9 Å². The zero-order valence-corrected chi connectivity index (χ0v) is 15.7. The molecule has 0 radical (unpaired) electrons. The summed E-state index contributed by atoms with van der Waals surface area (Å²) in [6.45, 7) is 6.13. The Bertz CT molecular complexity index is 756. The van der Waals surface area contributed by atoms with Crippen molar-refractivity contribution in [3.05, 3.63) is 58.4 Å². The molecule has 134 valence electrons. The van der Waals surface area contributed by atoms with Crippen LogP contribution in [-0.2, 0) is 5.79 Å². The third-order valence-electron chi connectivity index (χ3n) is 4.75. The fraction of sp³-hybridized carbons (Fsp3) is 0.429. The minimum atomic E-state index is -1.18. The molecule has 4 heteroatoms. The first-order valence-electron chi connectivity index (χ1n) is 8.95. The van der Waals surface area contributed by atoms with Gasteiger partial charge in [0.15, 0.2) is 11.5 Å². The SMILES string of the molecule is CCCC(CCC)c1cccc2c1OC(C)(c1ccc(Cl)cc1F)O2. The van der Waals surface area contributed by atoms with Crippen LogP contribution >= 0.6 is 11.6 Å². The summed E-state index contributed by atoms with van der Waals surface area (Å²) in [6.07, 6.45) is 4.41. The van der Waals surface area contributed by atoms with Gasteiger partial charge in [0, 0.05) is 17.5 Å². The van der Waals surface area contributed by atoms with Crippen LogP contribution in [0, 0.1) is 5.82 Å². The van der Waals surface area contributed by atoms with Gasteiger partial charge in [0.2, 0.25) is 0 Å². The number of ether oxygens (including phenoxy) is 2. The number of hydrogen-bond acceptors (Lipinski definition) is 2. The van der Waals surface area contributed by atoms with Crippen molar-refractivity contribution < 1.29 is 13.9 Å². The van der Waals surface area contributed by atoms with Crippen molar-refractivity contribution in [3.8, 4) is 11.5 Å². The van der Waals surface area contributed by atoms with Crippen LogP contribution in [0.4, 0.5) is 4.39 Å². The summed E-state index contributed by atoms with van der Waals surface area (Å²) >= 11 is 5.87. The van der Waals surface area contributed by atoms with Gasteiger partial charge in [0.05, 0.1) is 5.56 Å². The number of rotatable bonds is 6. The van der Waals surface area contributed by atoms with Crippen molar-refractivity contribution in [2.24, 2.45) is 0 Å². The molecule has 25 heavy (non-hydrogen) atoms. The zero-order chi connectivity index (χ0) is 18.0. The largest absolute Gasteiger partial charge is 0.444 e. The molecule has 2 aromatic rings. The molecular formula is C21H24ClFO2. The molecule has 0 N–H and O–H groups in total. The average Bonchev–Trinajstić information content (AvgIpc) is 2.91. The molecule has 1 aliphatic heterocycles. The average molecular weight is 363 g/mol. The van der Waals surface area contributed by atoms with Crippen LogP contribution in [-0.4, -0.2) is 0 Å². The van der Waals surface area contributed by atoms with E-state index in [1.54, 1.807) is 19.1 Å². The third-order valence-corrected chi connectivity index (χ3v) is 4.98. The summed E-state index contributed by atoms with van der Waals surface area (Å²) < 4.78 is 26.7. The van der Waals surface area contributed by atoms with Crippen LogP contribution < -0.4 is 9.47 Å². The van der Waals surface area contributed by atoms with E-state index in [9.17, 15) is 4.39 Å². The van der Waals surface area contributed by atoms with E-state index in [1.165, 1.54) is 6.07 Å². The van der Waals surface area contributed by atoms with Crippen LogP contribution in [0.5, 0.6) is 11.5 Å². The standard InChI is InChI=1S/C21H24ClFO2/c1-4-7-14(8-5-2)16-9-6-10-19-20(16)25-21(3,24-19)17-12-11-15(22)13-18(17)23/h6,9-14H,4-5,7-8H2,1-3H3. The molecule has 0 aromatic heterocycles. The van der Waals surface area contributed by atoms with Crippen molar-refractivity contribution >= 4 is 11.6 Å². The highest BCUT2D eigenvalue weighted by Crippen LogP contribution is 2.49. The zero-order valence-electron chi connectivity index (χ0n) is 14.9. The molecule has 1 heterocycles. The van der Waals surface area contributed by atoms with Gasteiger partial charge >= 0.3 is 0 Å². The van der Waals surface area contributed by atoms with E-state index in [-0.39, 0.29) is 0 Å². The molecule has 0 spiro atoms. The second-order valence-corrected chi connectivity index (χ2v) is 7.16. The molecular weight excluding hydrogens is 339 g/mol. The van der Waals surface area contributed by atoms with Crippen molar-refractivity contribution in [3.63, 3.8) is 0 Å². The number of benzene rings is 2. The number of hydrogen-bond donors (Lipinski definition) is 0. The third kappa shape index (κ3) is 3.48. The van der Waals surface area contributed by atoms with Gasteiger partial charge in [0.25, 0.3) is 5.79 Å². The van der Waals surface area contributed by atoms with Crippen molar-refractivity contribution in [1.82, 2.24) is 0 Å². The summed E-state index contributed by atoms with van der Waals surface area (Å²) in [5, 5.41) is 0.354. The summed E-state index contributed by atoms with van der Waals surface area (Å²) in [7, 11) is 0. The molecule has 2 aromatic carbocycles. The smallest absolute Gasteiger partial charge is 0.278 e. The molecule has 0 aliphatic carbocycles. The minimum Gasteiger partial charge on any atom is -0.444 e. The van der Waals surface area contributed by atoms with Crippen molar-refractivity contribution in [1.29, 1.82) is 0 Å². The number of halogens is 2. The Hall–Kier alpha value is -1.74. The van der Waals surface area contributed by atoms with Crippen LogP contribution in [0.2, 0.25) is 5.02 Å². The first-order valence-corrected chi connectivity index (χ1v) is 9.32. The predicted molar refractivity (Wildman–Crippen MR) is 99.0 cm³/mol. The lowest BCUT2D eigenvalue weighted by molar-refractivity contribution is -0.0711. The van der Waals surface area contributed by atoms with E-state index >= 15 is 0 Å². The summed E-state index contributed by atoms with van der Waals surface area (Å²) in [5.41, 5.74) is 1.50. The van der Waals surface area contributed by atoms with Crippen LogP contribution in [0.1, 0.15) is 63.5 Å². The highest BCUT2D eigenvalue weighted by molar-refractivity contribution is 6.30. The highest BCUT2D eigenvalue weighted by Gasteiger charge is 2.42. The summed E-state index contributed by atoms with van der Waals surface area (Å²) in [4.78, 5) is 0. The molecule has 2 nitrogen and oxygen atoms in total. The molecule has 1 aliphatic rings. The Kier molecular flexibility index (Phi) is 5.24. The molecule has 1 unspecified atom stereocenters. The normalized spacial score (nSPS) is 18.8. The minimum absolute atomic E-state index is 0.349. The Labute approximate surface area is 153 Å². The van der Waals surface area contributed by atoms with E-state index in [0.29, 0.717) is 22.3 Å². The maximum absolute atomic E-state index is 14.4. The Morgan fingerprint density at radius 1 is 1.08 bits per heavy atom. The van der Waals surface area contributed by atoms with Gasteiger partial charge in [-0.1, -0.05) is 50.4 Å². The lowest BCUT2D eigenvalue weighted by Crippen LogP contribution is -2.32. The Balaban J connectivity index is 1.98. The maximum Gasteiger partial charge on any atom is 0.278 e. The van der Waals surface area contributed by atoms with Gasteiger partial charge < -0.3 is 9.47 Å². The molecule has 0 amide bonds. The molecule has 0 fully saturated rings. The van der Waals surface area contributed by atoms with Gasteiger partial charge in [-0.3, -0.25) is 0 Å². The topological polar surface area (TPSA) is 18.5 Å². The monoisotopic (exact) mass is 362 g/mol. The first kappa shape index (κ1) is 18.1. The van der Waals surface area contributed by atoms with Gasteiger partial charge in [-0.15, -0.1) is 0 Å². The van der Waals surface area contributed by atoms with Crippen molar-refractivity contribution in [2.45, 2.75) is 58.2 Å². The molecule has 3 rings (SSSR count). The fourth-order valence-corrected chi connectivity index (χ4v) is 3.75. The van der Waals surface area contributed by atoms with E-state index in [4.69, 9.17) is 21.1 Å². The van der Waals surface area contributed by atoms with E-state index in [1.807, 2.05) is 12.1 Å². The van der Waals surface area contributed by atoms with Crippen LogP contribution in [0.25, 0.3) is 0 Å². The molecule has 1 atom stereocenters. The molecule has 0 saturated carbocycles. The Morgan fingerprint density at radius 3 is 2.44 bits per heavy atom. The maximum atomic E-state index is 14.4. The van der Waals surface area contributed by atoms with Crippen LogP contribution in [0.15, 0.2) is 36.4 Å². The predicted octanol–water partition coefficient (Wildman–Crippen LogP) is 6.81.